The average Bonchev–Trinajstić information content (AvgIpc) is 2.55. The van der Waals surface area contributed by atoms with E-state index < -0.39 is 12.1 Å². The minimum atomic E-state index is -0.589. The highest BCUT2D eigenvalue weighted by atomic mass is 16.2. The molecule has 0 aliphatic carbocycles. The lowest BCUT2D eigenvalue weighted by Crippen LogP contribution is -2.47. The summed E-state index contributed by atoms with van der Waals surface area (Å²) in [6.07, 6.45) is 0.951. The maximum Gasteiger partial charge on any atom is 0.319 e. The largest absolute Gasteiger partial charge is 0.357 e. The molecule has 7 nitrogen and oxygen atoms in total. The number of hydrogen-bond acceptors (Lipinski definition) is 3. The van der Waals surface area contributed by atoms with E-state index in [2.05, 4.69) is 21.3 Å². The van der Waals surface area contributed by atoms with E-state index in [1.807, 2.05) is 20.8 Å². The molecule has 0 saturated heterocycles. The van der Waals surface area contributed by atoms with Gasteiger partial charge in [0.05, 0.1) is 0 Å². The highest BCUT2D eigenvalue weighted by molar-refractivity contribution is 5.95. The Morgan fingerprint density at radius 2 is 1.80 bits per heavy atom. The average molecular weight is 348 g/mol. The van der Waals surface area contributed by atoms with Crippen LogP contribution in [0.5, 0.6) is 0 Å². The third kappa shape index (κ3) is 6.82. The molecule has 1 rings (SSSR count). The van der Waals surface area contributed by atoms with Gasteiger partial charge >= 0.3 is 6.03 Å². The van der Waals surface area contributed by atoms with Gasteiger partial charge in [-0.3, -0.25) is 9.59 Å². The fourth-order valence-electron chi connectivity index (χ4n) is 2.32. The number of rotatable bonds is 7. The number of amides is 4. The highest BCUT2D eigenvalue weighted by Crippen LogP contribution is 2.20. The second kappa shape index (κ2) is 9.66. The first-order chi connectivity index (χ1) is 11.8. The van der Waals surface area contributed by atoms with Gasteiger partial charge in [0.2, 0.25) is 11.8 Å². The SMILES string of the molecule is CCC(=O)Nc1ccc(NC(=O)N[C@H](CC(C)C)C(=O)NC)cc1C. The maximum absolute atomic E-state index is 12.2. The van der Waals surface area contributed by atoms with Gasteiger partial charge in [0, 0.05) is 24.8 Å². The smallest absolute Gasteiger partial charge is 0.319 e. The van der Waals surface area contributed by atoms with Crippen molar-refractivity contribution in [3.63, 3.8) is 0 Å². The Morgan fingerprint density at radius 3 is 2.32 bits per heavy atom. The van der Waals surface area contributed by atoms with Gasteiger partial charge in [0.25, 0.3) is 0 Å². The van der Waals surface area contributed by atoms with Crippen molar-refractivity contribution in [3.05, 3.63) is 23.8 Å². The summed E-state index contributed by atoms with van der Waals surface area (Å²) < 4.78 is 0. The van der Waals surface area contributed by atoms with Crippen LogP contribution in [-0.2, 0) is 9.59 Å². The summed E-state index contributed by atoms with van der Waals surface area (Å²) in [5.41, 5.74) is 2.13. The fourth-order valence-corrected chi connectivity index (χ4v) is 2.32. The van der Waals surface area contributed by atoms with Crippen LogP contribution in [0.25, 0.3) is 0 Å². The van der Waals surface area contributed by atoms with Crippen molar-refractivity contribution in [1.82, 2.24) is 10.6 Å². The highest BCUT2D eigenvalue weighted by Gasteiger charge is 2.20. The molecule has 0 aliphatic rings. The number of urea groups is 1. The van der Waals surface area contributed by atoms with E-state index >= 15 is 0 Å². The van der Waals surface area contributed by atoms with Gasteiger partial charge in [0.1, 0.15) is 6.04 Å². The van der Waals surface area contributed by atoms with E-state index in [1.54, 1.807) is 32.2 Å². The predicted octanol–water partition coefficient (Wildman–Crippen LogP) is 2.63. The molecule has 0 radical (unpaired) electrons. The molecule has 1 aromatic carbocycles. The molecular weight excluding hydrogens is 320 g/mol. The predicted molar refractivity (Wildman–Crippen MR) is 99.6 cm³/mol. The van der Waals surface area contributed by atoms with Crippen LogP contribution in [0.4, 0.5) is 16.2 Å². The van der Waals surface area contributed by atoms with Gasteiger partial charge < -0.3 is 21.3 Å². The molecule has 4 N–H and O–H groups in total. The first-order valence-electron chi connectivity index (χ1n) is 8.46. The number of hydrogen-bond donors (Lipinski definition) is 4. The van der Waals surface area contributed by atoms with E-state index in [1.165, 1.54) is 0 Å². The molecule has 25 heavy (non-hydrogen) atoms. The van der Waals surface area contributed by atoms with Crippen LogP contribution in [0.1, 0.15) is 39.2 Å². The summed E-state index contributed by atoms with van der Waals surface area (Å²) in [6.45, 7) is 7.61. The molecular formula is C18H28N4O3. The molecule has 7 heteroatoms. The Balaban J connectivity index is 2.74. The van der Waals surface area contributed by atoms with Gasteiger partial charge in [-0.25, -0.2) is 4.79 Å². The standard InChI is InChI=1S/C18H28N4O3/c1-6-16(23)21-14-8-7-13(10-12(14)4)20-18(25)22-15(9-11(2)3)17(24)19-5/h7-8,10-11,15H,6,9H2,1-5H3,(H,19,24)(H,21,23)(H2,20,22,25)/t15-/m1/s1. The lowest BCUT2D eigenvalue weighted by molar-refractivity contribution is -0.122. The first-order valence-corrected chi connectivity index (χ1v) is 8.46. The number of aryl methyl sites for hydroxylation is 1. The Kier molecular flexibility index (Phi) is 7.91. The number of carbonyl (C=O) groups is 3. The zero-order chi connectivity index (χ0) is 19.0. The van der Waals surface area contributed by atoms with E-state index in [0.29, 0.717) is 24.2 Å². The molecule has 138 valence electrons. The maximum atomic E-state index is 12.2. The number of carbonyl (C=O) groups excluding carboxylic acids is 3. The van der Waals surface area contributed by atoms with Crippen LogP contribution in [0, 0.1) is 12.8 Å². The molecule has 0 saturated carbocycles. The Morgan fingerprint density at radius 1 is 1.12 bits per heavy atom. The molecule has 4 amide bonds. The number of benzene rings is 1. The van der Waals surface area contributed by atoms with Crippen molar-refractivity contribution < 1.29 is 14.4 Å². The van der Waals surface area contributed by atoms with E-state index in [4.69, 9.17) is 0 Å². The second-order valence-corrected chi connectivity index (χ2v) is 6.33. The summed E-state index contributed by atoms with van der Waals surface area (Å²) in [7, 11) is 1.54. The third-order valence-corrected chi connectivity index (χ3v) is 3.65. The van der Waals surface area contributed by atoms with Crippen molar-refractivity contribution in [2.45, 2.75) is 46.6 Å². The molecule has 0 aliphatic heterocycles. The zero-order valence-corrected chi connectivity index (χ0v) is 15.5. The van der Waals surface area contributed by atoms with Crippen LogP contribution in [0.3, 0.4) is 0 Å². The Bertz CT molecular complexity index is 629. The quantitative estimate of drug-likeness (QED) is 0.609. The molecule has 1 atom stereocenters. The molecule has 0 fully saturated rings. The van der Waals surface area contributed by atoms with Crippen molar-refractivity contribution in [1.29, 1.82) is 0 Å². The molecule has 0 heterocycles. The van der Waals surface area contributed by atoms with Crippen LogP contribution in [0.2, 0.25) is 0 Å². The normalized spacial score (nSPS) is 11.6. The van der Waals surface area contributed by atoms with Gasteiger partial charge in [0.15, 0.2) is 0 Å². The number of anilines is 2. The topological polar surface area (TPSA) is 99.3 Å². The lowest BCUT2D eigenvalue weighted by atomic mass is 10.0. The Labute approximate surface area is 148 Å². The van der Waals surface area contributed by atoms with E-state index in [9.17, 15) is 14.4 Å². The molecule has 0 bridgehead atoms. The summed E-state index contributed by atoms with van der Waals surface area (Å²) in [5, 5.41) is 10.8. The summed E-state index contributed by atoms with van der Waals surface area (Å²) in [6, 6.07) is 4.17. The number of likely N-dealkylation sites (N-methyl/N-ethyl adjacent to an activating group) is 1. The molecule has 0 unspecified atom stereocenters. The lowest BCUT2D eigenvalue weighted by Gasteiger charge is -2.19. The van der Waals surface area contributed by atoms with Crippen LogP contribution in [-0.4, -0.2) is 30.9 Å². The second-order valence-electron chi connectivity index (χ2n) is 6.33. The molecule has 0 spiro atoms. The Hall–Kier alpha value is -2.57. The fraction of sp³-hybridized carbons (Fsp3) is 0.500. The zero-order valence-electron chi connectivity index (χ0n) is 15.5. The first kappa shape index (κ1) is 20.5. The minimum Gasteiger partial charge on any atom is -0.357 e. The van der Waals surface area contributed by atoms with Gasteiger partial charge in [-0.15, -0.1) is 0 Å². The van der Waals surface area contributed by atoms with Crippen LogP contribution < -0.4 is 21.3 Å². The molecule has 0 aromatic heterocycles. The van der Waals surface area contributed by atoms with Gasteiger partial charge in [-0.05, 0) is 43.0 Å². The van der Waals surface area contributed by atoms with Crippen molar-refractivity contribution in [2.24, 2.45) is 5.92 Å². The summed E-state index contributed by atoms with van der Waals surface area (Å²) in [4.78, 5) is 35.5. The summed E-state index contributed by atoms with van der Waals surface area (Å²) in [5.74, 6) is -0.0207. The van der Waals surface area contributed by atoms with Gasteiger partial charge in [-0.1, -0.05) is 20.8 Å². The van der Waals surface area contributed by atoms with E-state index in [-0.39, 0.29) is 17.7 Å². The van der Waals surface area contributed by atoms with Crippen LogP contribution in [0.15, 0.2) is 18.2 Å². The third-order valence-electron chi connectivity index (χ3n) is 3.65. The monoisotopic (exact) mass is 348 g/mol. The van der Waals surface area contributed by atoms with Crippen molar-refractivity contribution in [3.8, 4) is 0 Å². The molecule has 1 aromatic rings. The van der Waals surface area contributed by atoms with Crippen LogP contribution >= 0.6 is 0 Å². The van der Waals surface area contributed by atoms with Crippen molar-refractivity contribution in [2.75, 3.05) is 17.7 Å². The van der Waals surface area contributed by atoms with Crippen molar-refractivity contribution >= 4 is 29.2 Å². The van der Waals surface area contributed by atoms with E-state index in [0.717, 1.165) is 5.56 Å². The summed E-state index contributed by atoms with van der Waals surface area (Å²) >= 11 is 0. The van der Waals surface area contributed by atoms with Gasteiger partial charge in [-0.2, -0.15) is 0 Å². The number of nitrogens with one attached hydrogen (secondary N) is 4. The minimum absolute atomic E-state index is 0.0661.